The lowest BCUT2D eigenvalue weighted by atomic mass is 10.0. The lowest BCUT2D eigenvalue weighted by Gasteiger charge is -2.27. The number of hydrogen-bond acceptors (Lipinski definition) is 3. The van der Waals surface area contributed by atoms with E-state index in [-0.39, 0.29) is 30.1 Å². The van der Waals surface area contributed by atoms with Gasteiger partial charge in [0.2, 0.25) is 5.91 Å². The van der Waals surface area contributed by atoms with Gasteiger partial charge in [-0.15, -0.1) is 12.4 Å². The number of rotatable bonds is 5. The number of hydrogen-bond donors (Lipinski definition) is 2. The van der Waals surface area contributed by atoms with E-state index in [9.17, 15) is 9.59 Å². The molecule has 1 aliphatic rings. The number of carbonyl (C=O) groups is 2. The largest absolute Gasteiger partial charge is 0.341 e. The maximum atomic E-state index is 12.7. The van der Waals surface area contributed by atoms with E-state index >= 15 is 0 Å². The first-order valence-corrected chi connectivity index (χ1v) is 8.35. The van der Waals surface area contributed by atoms with Crippen LogP contribution in [0.25, 0.3) is 0 Å². The molecule has 0 radical (unpaired) electrons. The first-order chi connectivity index (χ1) is 10.9. The summed E-state index contributed by atoms with van der Waals surface area (Å²) < 4.78 is 0. The van der Waals surface area contributed by atoms with Crippen molar-refractivity contribution in [2.75, 3.05) is 19.6 Å². The maximum absolute atomic E-state index is 12.7. The van der Waals surface area contributed by atoms with Crippen molar-refractivity contribution in [3.63, 3.8) is 0 Å². The van der Waals surface area contributed by atoms with Gasteiger partial charge < -0.3 is 16.0 Å². The van der Waals surface area contributed by atoms with Crippen molar-refractivity contribution in [1.82, 2.24) is 10.2 Å². The van der Waals surface area contributed by atoms with Crippen LogP contribution in [-0.2, 0) is 4.79 Å². The molecule has 1 heterocycles. The molecule has 5 nitrogen and oxygen atoms in total. The summed E-state index contributed by atoms with van der Waals surface area (Å²) in [6.45, 7) is 5.84. The molecule has 134 valence electrons. The van der Waals surface area contributed by atoms with Crippen LogP contribution < -0.4 is 11.1 Å². The Morgan fingerprint density at radius 1 is 1.33 bits per heavy atom. The average molecular weight is 374 g/mol. The van der Waals surface area contributed by atoms with Crippen LogP contribution in [-0.4, -0.2) is 42.4 Å². The Hall–Kier alpha value is -1.30. The number of benzene rings is 1. The Labute approximate surface area is 154 Å². The first-order valence-electron chi connectivity index (χ1n) is 7.97. The van der Waals surface area contributed by atoms with Crippen LogP contribution >= 0.6 is 24.0 Å². The van der Waals surface area contributed by atoms with E-state index in [4.69, 9.17) is 17.3 Å². The third-order valence-corrected chi connectivity index (χ3v) is 4.51. The van der Waals surface area contributed by atoms with E-state index in [1.165, 1.54) is 0 Å². The molecule has 1 fully saturated rings. The molecule has 3 N–H and O–H groups in total. The monoisotopic (exact) mass is 373 g/mol. The normalized spacial score (nSPS) is 18.2. The quantitative estimate of drug-likeness (QED) is 0.831. The molecule has 0 bridgehead atoms. The molecule has 1 aromatic rings. The zero-order valence-corrected chi connectivity index (χ0v) is 15.6. The summed E-state index contributed by atoms with van der Waals surface area (Å²) in [6.07, 6.45) is 0.929. The van der Waals surface area contributed by atoms with Crippen molar-refractivity contribution in [1.29, 1.82) is 0 Å². The van der Waals surface area contributed by atoms with Crippen LogP contribution in [0.15, 0.2) is 24.3 Å². The number of nitrogens with two attached hydrogens (primary N) is 1. The Morgan fingerprint density at radius 3 is 2.46 bits per heavy atom. The van der Waals surface area contributed by atoms with Crippen LogP contribution in [0, 0.1) is 11.8 Å². The van der Waals surface area contributed by atoms with Crippen LogP contribution in [0.2, 0.25) is 5.02 Å². The second-order valence-electron chi connectivity index (χ2n) is 6.38. The van der Waals surface area contributed by atoms with Crippen molar-refractivity contribution < 1.29 is 9.59 Å². The van der Waals surface area contributed by atoms with Crippen molar-refractivity contribution in [3.05, 3.63) is 34.9 Å². The molecular formula is C17H25Cl2N3O2. The molecule has 2 rings (SSSR count). The van der Waals surface area contributed by atoms with Gasteiger partial charge in [0.25, 0.3) is 5.91 Å². The van der Waals surface area contributed by atoms with Crippen LogP contribution in [0.5, 0.6) is 0 Å². The van der Waals surface area contributed by atoms with Gasteiger partial charge >= 0.3 is 0 Å². The number of halogens is 2. The molecule has 2 amide bonds. The molecule has 24 heavy (non-hydrogen) atoms. The summed E-state index contributed by atoms with van der Waals surface area (Å²) in [7, 11) is 0. The Morgan fingerprint density at radius 2 is 1.96 bits per heavy atom. The minimum atomic E-state index is -0.533. The lowest BCUT2D eigenvalue weighted by molar-refractivity contribution is -0.133. The van der Waals surface area contributed by atoms with Gasteiger partial charge in [0.05, 0.1) is 0 Å². The topological polar surface area (TPSA) is 75.4 Å². The van der Waals surface area contributed by atoms with Crippen molar-refractivity contribution in [2.45, 2.75) is 26.3 Å². The fourth-order valence-corrected chi connectivity index (χ4v) is 2.89. The highest BCUT2D eigenvalue weighted by Crippen LogP contribution is 2.18. The number of carbonyl (C=O) groups excluding carboxylic acids is 2. The minimum Gasteiger partial charge on any atom is -0.341 e. The van der Waals surface area contributed by atoms with E-state index < -0.39 is 6.04 Å². The molecule has 2 unspecified atom stereocenters. The van der Waals surface area contributed by atoms with Gasteiger partial charge in [-0.2, -0.15) is 0 Å². The van der Waals surface area contributed by atoms with Gasteiger partial charge in [-0.05, 0) is 49.1 Å². The van der Waals surface area contributed by atoms with Gasteiger partial charge in [0.15, 0.2) is 0 Å². The summed E-state index contributed by atoms with van der Waals surface area (Å²) in [6, 6.07) is 6.10. The van der Waals surface area contributed by atoms with Crippen LogP contribution in [0.1, 0.15) is 30.6 Å². The predicted molar refractivity (Wildman–Crippen MR) is 98.5 cm³/mol. The number of nitrogens with one attached hydrogen (secondary N) is 1. The number of amides is 2. The number of nitrogens with zero attached hydrogens (tertiary/aromatic N) is 1. The third-order valence-electron chi connectivity index (χ3n) is 4.26. The summed E-state index contributed by atoms with van der Waals surface area (Å²) in [5.41, 5.74) is 6.18. The summed E-state index contributed by atoms with van der Waals surface area (Å²) in [5, 5.41) is 3.43. The highest BCUT2D eigenvalue weighted by Gasteiger charge is 2.32. The molecule has 1 aliphatic heterocycles. The van der Waals surface area contributed by atoms with Gasteiger partial charge in [0, 0.05) is 23.7 Å². The Balaban J connectivity index is 0.00000288. The minimum absolute atomic E-state index is 0. The second-order valence-corrected chi connectivity index (χ2v) is 6.81. The fourth-order valence-electron chi connectivity index (χ4n) is 2.76. The van der Waals surface area contributed by atoms with Crippen molar-refractivity contribution >= 4 is 35.8 Å². The summed E-state index contributed by atoms with van der Waals surface area (Å²) in [5.74, 6) is 0.0796. The smallest absolute Gasteiger partial charge is 0.251 e. The van der Waals surface area contributed by atoms with E-state index in [2.05, 4.69) is 5.32 Å². The van der Waals surface area contributed by atoms with Gasteiger partial charge in [0.1, 0.15) is 6.04 Å². The summed E-state index contributed by atoms with van der Waals surface area (Å²) >= 11 is 5.83. The Bertz CT molecular complexity index is 563. The summed E-state index contributed by atoms with van der Waals surface area (Å²) in [4.78, 5) is 26.9. The SMILES string of the molecule is CC(C)C(NC(=O)c1ccc(Cl)cc1)C(=O)N1CCC(CN)C1.Cl. The Kier molecular flexibility index (Phi) is 8.00. The standard InChI is InChI=1S/C17H24ClN3O2.ClH/c1-11(2)15(17(23)21-8-7-12(9-19)10-21)20-16(22)13-3-5-14(18)6-4-13;/h3-6,11-12,15H,7-10,19H2,1-2H3,(H,20,22);1H. The average Bonchev–Trinajstić information content (AvgIpc) is 3.01. The van der Waals surface area contributed by atoms with Gasteiger partial charge in [-0.25, -0.2) is 0 Å². The van der Waals surface area contributed by atoms with E-state index in [1.54, 1.807) is 24.3 Å². The molecular weight excluding hydrogens is 349 g/mol. The zero-order valence-electron chi connectivity index (χ0n) is 14.0. The highest BCUT2D eigenvalue weighted by molar-refractivity contribution is 6.30. The maximum Gasteiger partial charge on any atom is 0.251 e. The van der Waals surface area contributed by atoms with Gasteiger partial charge in [-0.3, -0.25) is 9.59 Å². The molecule has 1 aromatic carbocycles. The van der Waals surface area contributed by atoms with Crippen LogP contribution in [0.4, 0.5) is 0 Å². The number of likely N-dealkylation sites (tertiary alicyclic amines) is 1. The van der Waals surface area contributed by atoms with E-state index in [1.807, 2.05) is 18.7 Å². The second kappa shape index (κ2) is 9.25. The molecule has 7 heteroatoms. The molecule has 0 saturated carbocycles. The molecule has 2 atom stereocenters. The molecule has 0 aromatic heterocycles. The first kappa shape index (κ1) is 20.7. The van der Waals surface area contributed by atoms with Crippen molar-refractivity contribution in [2.24, 2.45) is 17.6 Å². The molecule has 0 aliphatic carbocycles. The predicted octanol–water partition coefficient (Wildman–Crippen LogP) is 2.32. The van der Waals surface area contributed by atoms with Crippen LogP contribution in [0.3, 0.4) is 0 Å². The highest BCUT2D eigenvalue weighted by atomic mass is 35.5. The third kappa shape index (κ3) is 5.10. The van der Waals surface area contributed by atoms with E-state index in [0.717, 1.165) is 6.42 Å². The van der Waals surface area contributed by atoms with Crippen molar-refractivity contribution in [3.8, 4) is 0 Å². The molecule has 1 saturated heterocycles. The van der Waals surface area contributed by atoms with Gasteiger partial charge in [-0.1, -0.05) is 25.4 Å². The lowest BCUT2D eigenvalue weighted by Crippen LogP contribution is -2.50. The zero-order chi connectivity index (χ0) is 17.0. The van der Waals surface area contributed by atoms with E-state index in [0.29, 0.717) is 36.1 Å². The fraction of sp³-hybridized carbons (Fsp3) is 0.529. The molecule has 0 spiro atoms.